The molecule has 2 rings (SSSR count). The maximum atomic E-state index is 11.6. The number of hydrogen-bond acceptors (Lipinski definition) is 7. The van der Waals surface area contributed by atoms with E-state index in [0.29, 0.717) is 11.7 Å². The number of methoxy groups -OCH3 is 1. The van der Waals surface area contributed by atoms with Crippen LogP contribution in [0.1, 0.15) is 17.4 Å². The minimum absolute atomic E-state index is 0.0550. The largest absolute Gasteiger partial charge is 0.481 e. The lowest BCUT2D eigenvalue weighted by Gasteiger charge is -2.02. The van der Waals surface area contributed by atoms with E-state index >= 15 is 0 Å². The monoisotopic (exact) mass is 263 g/mol. The summed E-state index contributed by atoms with van der Waals surface area (Å²) in [5.74, 6) is 0.255. The number of nitrogens with zero attached hydrogens (tertiary/aromatic N) is 4. The second-order valence-electron chi connectivity index (χ2n) is 3.52. The van der Waals surface area contributed by atoms with Crippen molar-refractivity contribution in [1.29, 1.82) is 0 Å². The van der Waals surface area contributed by atoms with Crippen molar-refractivity contribution in [3.8, 4) is 11.7 Å². The van der Waals surface area contributed by atoms with Crippen molar-refractivity contribution in [1.82, 2.24) is 19.7 Å². The van der Waals surface area contributed by atoms with Gasteiger partial charge in [0, 0.05) is 6.07 Å². The molecule has 0 fully saturated rings. The van der Waals surface area contributed by atoms with E-state index in [1.54, 1.807) is 13.0 Å². The number of rotatable bonds is 4. The maximum absolute atomic E-state index is 11.6. The standard InChI is InChI=1S/C11H13N5O3/c1-3-19-11(17)10-7(12)5-16(15-10)8-4-9(18-2)14-6-13-8/h4-6H,3,12H2,1-2H3. The molecule has 100 valence electrons. The summed E-state index contributed by atoms with van der Waals surface area (Å²) in [5, 5.41) is 4.05. The average Bonchev–Trinajstić information content (AvgIpc) is 2.81. The fourth-order valence-electron chi connectivity index (χ4n) is 1.43. The fraction of sp³-hybridized carbons (Fsp3) is 0.273. The van der Waals surface area contributed by atoms with Gasteiger partial charge in [-0.2, -0.15) is 5.10 Å². The second-order valence-corrected chi connectivity index (χ2v) is 3.52. The number of nitrogens with two attached hydrogens (primary N) is 1. The van der Waals surface area contributed by atoms with Crippen LogP contribution >= 0.6 is 0 Å². The number of esters is 1. The summed E-state index contributed by atoms with van der Waals surface area (Å²) in [5.41, 5.74) is 6.00. The Kier molecular flexibility index (Phi) is 3.60. The van der Waals surface area contributed by atoms with E-state index in [-0.39, 0.29) is 18.0 Å². The van der Waals surface area contributed by atoms with Gasteiger partial charge in [-0.05, 0) is 6.92 Å². The Balaban J connectivity index is 2.36. The summed E-state index contributed by atoms with van der Waals surface area (Å²) >= 11 is 0. The highest BCUT2D eigenvalue weighted by Crippen LogP contribution is 2.15. The van der Waals surface area contributed by atoms with E-state index in [4.69, 9.17) is 15.2 Å². The first-order valence-corrected chi connectivity index (χ1v) is 5.54. The Bertz CT molecular complexity index is 596. The van der Waals surface area contributed by atoms with E-state index < -0.39 is 5.97 Å². The van der Waals surface area contributed by atoms with Crippen LogP contribution in [0.5, 0.6) is 5.88 Å². The normalized spacial score (nSPS) is 10.2. The highest BCUT2D eigenvalue weighted by Gasteiger charge is 2.17. The molecular formula is C11H13N5O3. The van der Waals surface area contributed by atoms with Crippen LogP contribution in [0.3, 0.4) is 0 Å². The summed E-state index contributed by atoms with van der Waals surface area (Å²) in [6, 6.07) is 1.57. The van der Waals surface area contributed by atoms with Crippen molar-refractivity contribution < 1.29 is 14.3 Å². The smallest absolute Gasteiger partial charge is 0.361 e. The number of carbonyl (C=O) groups is 1. The minimum Gasteiger partial charge on any atom is -0.481 e. The van der Waals surface area contributed by atoms with E-state index in [1.165, 1.54) is 24.3 Å². The zero-order valence-corrected chi connectivity index (χ0v) is 10.5. The number of carbonyl (C=O) groups excluding carboxylic acids is 1. The molecule has 2 aromatic rings. The van der Waals surface area contributed by atoms with Crippen LogP contribution in [0, 0.1) is 0 Å². The Morgan fingerprint density at radius 2 is 2.26 bits per heavy atom. The first-order valence-electron chi connectivity index (χ1n) is 5.54. The molecule has 0 saturated heterocycles. The molecule has 0 aromatic carbocycles. The fourth-order valence-corrected chi connectivity index (χ4v) is 1.43. The predicted molar refractivity (Wildman–Crippen MR) is 66.1 cm³/mol. The van der Waals surface area contributed by atoms with Crippen molar-refractivity contribution in [3.63, 3.8) is 0 Å². The SMILES string of the molecule is CCOC(=O)c1nn(-c2cc(OC)ncn2)cc1N. The van der Waals surface area contributed by atoms with Crippen LogP contribution in [0.25, 0.3) is 5.82 Å². The van der Waals surface area contributed by atoms with Gasteiger partial charge in [-0.1, -0.05) is 0 Å². The molecule has 2 aromatic heterocycles. The summed E-state index contributed by atoms with van der Waals surface area (Å²) in [6.45, 7) is 1.97. The third-order valence-corrected chi connectivity index (χ3v) is 2.28. The Morgan fingerprint density at radius 1 is 1.47 bits per heavy atom. The molecular weight excluding hydrogens is 250 g/mol. The molecule has 0 saturated carbocycles. The summed E-state index contributed by atoms with van der Waals surface area (Å²) < 4.78 is 11.2. The zero-order chi connectivity index (χ0) is 13.8. The number of nitrogen functional groups attached to an aromatic ring is 1. The molecule has 0 spiro atoms. The van der Waals surface area contributed by atoms with Crippen molar-refractivity contribution in [3.05, 3.63) is 24.3 Å². The maximum Gasteiger partial charge on any atom is 0.361 e. The molecule has 19 heavy (non-hydrogen) atoms. The Labute approximate surface area is 109 Å². The van der Waals surface area contributed by atoms with Gasteiger partial charge in [0.1, 0.15) is 6.33 Å². The Hall–Kier alpha value is -2.64. The molecule has 0 amide bonds. The lowest BCUT2D eigenvalue weighted by Crippen LogP contribution is -2.08. The molecule has 0 bridgehead atoms. The number of hydrogen-bond donors (Lipinski definition) is 1. The van der Waals surface area contributed by atoms with Crippen molar-refractivity contribution in [2.75, 3.05) is 19.5 Å². The zero-order valence-electron chi connectivity index (χ0n) is 10.5. The number of aromatic nitrogens is 4. The molecule has 0 unspecified atom stereocenters. The van der Waals surface area contributed by atoms with Crippen molar-refractivity contribution in [2.24, 2.45) is 0 Å². The van der Waals surface area contributed by atoms with Crippen molar-refractivity contribution >= 4 is 11.7 Å². The molecule has 0 aliphatic carbocycles. The van der Waals surface area contributed by atoms with Gasteiger partial charge >= 0.3 is 5.97 Å². The van der Waals surface area contributed by atoms with Gasteiger partial charge in [0.15, 0.2) is 11.5 Å². The average molecular weight is 263 g/mol. The molecule has 0 radical (unpaired) electrons. The molecule has 0 atom stereocenters. The topological polar surface area (TPSA) is 105 Å². The van der Waals surface area contributed by atoms with Crippen LogP contribution in [-0.2, 0) is 4.74 Å². The van der Waals surface area contributed by atoms with E-state index in [0.717, 1.165) is 0 Å². The first kappa shape index (κ1) is 12.8. The lowest BCUT2D eigenvalue weighted by molar-refractivity contribution is 0.0520. The van der Waals surface area contributed by atoms with Gasteiger partial charge in [0.2, 0.25) is 5.88 Å². The van der Waals surface area contributed by atoms with Gasteiger partial charge < -0.3 is 15.2 Å². The van der Waals surface area contributed by atoms with Gasteiger partial charge in [-0.25, -0.2) is 19.4 Å². The predicted octanol–water partition coefficient (Wildman–Crippen LogP) is 0.430. The van der Waals surface area contributed by atoms with Gasteiger partial charge in [0.05, 0.1) is 25.6 Å². The summed E-state index contributed by atoms with van der Waals surface area (Å²) in [4.78, 5) is 19.5. The first-order chi connectivity index (χ1) is 9.15. The van der Waals surface area contributed by atoms with Gasteiger partial charge in [0.25, 0.3) is 0 Å². The molecule has 8 heteroatoms. The highest BCUT2D eigenvalue weighted by molar-refractivity contribution is 5.92. The van der Waals surface area contributed by atoms with Crippen LogP contribution in [0.15, 0.2) is 18.6 Å². The molecule has 0 aliphatic rings. The number of ether oxygens (including phenoxy) is 2. The van der Waals surface area contributed by atoms with Gasteiger partial charge in [-0.3, -0.25) is 0 Å². The van der Waals surface area contributed by atoms with Crippen LogP contribution < -0.4 is 10.5 Å². The van der Waals surface area contributed by atoms with Crippen LogP contribution in [0.2, 0.25) is 0 Å². The number of anilines is 1. The highest BCUT2D eigenvalue weighted by atomic mass is 16.5. The quantitative estimate of drug-likeness (QED) is 0.797. The molecule has 0 aliphatic heterocycles. The Morgan fingerprint density at radius 3 is 2.95 bits per heavy atom. The molecule has 2 heterocycles. The van der Waals surface area contributed by atoms with E-state index in [9.17, 15) is 4.79 Å². The van der Waals surface area contributed by atoms with E-state index in [1.807, 2.05) is 0 Å². The van der Waals surface area contributed by atoms with Crippen LogP contribution in [-0.4, -0.2) is 39.4 Å². The second kappa shape index (κ2) is 5.34. The third-order valence-electron chi connectivity index (χ3n) is 2.28. The lowest BCUT2D eigenvalue weighted by atomic mass is 10.4. The third kappa shape index (κ3) is 2.62. The van der Waals surface area contributed by atoms with Gasteiger partial charge in [-0.15, -0.1) is 0 Å². The minimum atomic E-state index is -0.570. The molecule has 8 nitrogen and oxygen atoms in total. The van der Waals surface area contributed by atoms with Crippen molar-refractivity contribution in [2.45, 2.75) is 6.92 Å². The van der Waals surface area contributed by atoms with E-state index in [2.05, 4.69) is 15.1 Å². The van der Waals surface area contributed by atoms with Crippen LogP contribution in [0.4, 0.5) is 5.69 Å². The summed E-state index contributed by atoms with van der Waals surface area (Å²) in [6.07, 6.45) is 2.81. The summed E-state index contributed by atoms with van der Waals surface area (Å²) in [7, 11) is 1.49. The molecule has 2 N–H and O–H groups in total.